The Kier molecular flexibility index (Phi) is 9.13. The number of halogens is 9. The Hall–Kier alpha value is -3.77. The lowest BCUT2D eigenvalue weighted by atomic mass is 10.0. The predicted octanol–water partition coefficient (Wildman–Crippen LogP) is 8.90. The highest BCUT2D eigenvalue weighted by molar-refractivity contribution is 5.83. The van der Waals surface area contributed by atoms with Crippen molar-refractivity contribution in [1.29, 1.82) is 0 Å². The minimum Gasteiger partial charge on any atom is -0.429 e. The molecule has 12 heteroatoms. The fraction of sp³-hybridized carbons (Fsp3) is 0.241. The van der Waals surface area contributed by atoms with Gasteiger partial charge in [-0.2, -0.15) is 8.78 Å². The molecule has 0 amide bonds. The molecular weight excluding hydrogens is 567 g/mol. The molecule has 0 bridgehead atoms. The molecule has 3 aromatic rings. The van der Waals surface area contributed by atoms with Gasteiger partial charge in [0, 0.05) is 34.7 Å². The van der Waals surface area contributed by atoms with Crippen molar-refractivity contribution in [3.05, 3.63) is 113 Å². The van der Waals surface area contributed by atoms with Crippen molar-refractivity contribution in [2.24, 2.45) is 5.92 Å². The summed E-state index contributed by atoms with van der Waals surface area (Å²) in [5.41, 5.74) is -2.92. The number of alkyl halides is 2. The zero-order valence-electron chi connectivity index (χ0n) is 21.0. The van der Waals surface area contributed by atoms with Crippen molar-refractivity contribution in [3.63, 3.8) is 0 Å². The molecule has 218 valence electrons. The van der Waals surface area contributed by atoms with E-state index in [0.717, 1.165) is 12.8 Å². The van der Waals surface area contributed by atoms with E-state index >= 15 is 0 Å². The Balaban J connectivity index is 1.52. The molecule has 0 N–H and O–H groups in total. The van der Waals surface area contributed by atoms with Gasteiger partial charge in [0.05, 0.1) is 13.2 Å². The molecule has 0 aromatic heterocycles. The van der Waals surface area contributed by atoms with Crippen LogP contribution in [-0.2, 0) is 15.6 Å². The number of hydrogen-bond donors (Lipinski definition) is 0. The lowest BCUT2D eigenvalue weighted by Crippen LogP contribution is -2.27. The monoisotopic (exact) mass is 588 g/mol. The minimum absolute atomic E-state index is 0.0349. The van der Waals surface area contributed by atoms with E-state index in [1.54, 1.807) is 6.08 Å². The maximum absolute atomic E-state index is 14.9. The molecule has 41 heavy (non-hydrogen) atoms. The third-order valence-corrected chi connectivity index (χ3v) is 6.16. The van der Waals surface area contributed by atoms with Gasteiger partial charge in [0.2, 0.25) is 0 Å². The van der Waals surface area contributed by atoms with Gasteiger partial charge in [0.15, 0.2) is 35.4 Å². The summed E-state index contributed by atoms with van der Waals surface area (Å²) in [6.45, 7) is 4.52. The highest BCUT2D eigenvalue weighted by atomic mass is 19.3. The van der Waals surface area contributed by atoms with Crippen molar-refractivity contribution in [2.75, 3.05) is 13.2 Å². The quantitative estimate of drug-likeness (QED) is 0.108. The van der Waals surface area contributed by atoms with Gasteiger partial charge in [-0.1, -0.05) is 30.3 Å². The van der Waals surface area contributed by atoms with Crippen LogP contribution in [0.5, 0.6) is 5.75 Å². The number of allylic oxidation sites excluding steroid dienone is 1. The van der Waals surface area contributed by atoms with Crippen LogP contribution in [0.15, 0.2) is 61.2 Å². The molecule has 0 atom stereocenters. The SMILES string of the molecule is C=CCCC1COC(c2ccc(/C(F)=C(\F)c3cc(F)c(C(F)(F)Oc4cc(F)c(F)c(F)c4)c(F)c3)cc2)OC1. The second-order valence-electron chi connectivity index (χ2n) is 9.12. The molecule has 0 aliphatic carbocycles. The van der Waals surface area contributed by atoms with E-state index in [-0.39, 0.29) is 35.7 Å². The first-order valence-corrected chi connectivity index (χ1v) is 12.1. The van der Waals surface area contributed by atoms with E-state index in [1.165, 1.54) is 24.3 Å². The lowest BCUT2D eigenvalue weighted by molar-refractivity contribution is -0.205. The minimum atomic E-state index is -4.88. The van der Waals surface area contributed by atoms with Crippen molar-refractivity contribution in [3.8, 4) is 5.75 Å². The molecule has 3 nitrogen and oxygen atoms in total. The molecule has 1 heterocycles. The summed E-state index contributed by atoms with van der Waals surface area (Å²) < 4.78 is 143. The summed E-state index contributed by atoms with van der Waals surface area (Å²) in [4.78, 5) is 0. The van der Waals surface area contributed by atoms with Crippen LogP contribution in [-0.4, -0.2) is 13.2 Å². The zero-order valence-corrected chi connectivity index (χ0v) is 21.0. The van der Waals surface area contributed by atoms with Crippen molar-refractivity contribution >= 4 is 11.7 Å². The van der Waals surface area contributed by atoms with E-state index in [2.05, 4.69) is 11.3 Å². The second kappa shape index (κ2) is 12.4. The number of benzene rings is 3. The number of hydrogen-bond acceptors (Lipinski definition) is 3. The van der Waals surface area contributed by atoms with Crippen LogP contribution in [0, 0.1) is 35.0 Å². The summed E-state index contributed by atoms with van der Waals surface area (Å²) in [6, 6.07) is 5.41. The van der Waals surface area contributed by atoms with Gasteiger partial charge in [-0.3, -0.25) is 0 Å². The largest absolute Gasteiger partial charge is 0.432 e. The zero-order chi connectivity index (χ0) is 29.9. The Morgan fingerprint density at radius 3 is 1.90 bits per heavy atom. The maximum atomic E-state index is 14.9. The summed E-state index contributed by atoms with van der Waals surface area (Å²) in [7, 11) is 0. The fourth-order valence-corrected chi connectivity index (χ4v) is 4.06. The molecule has 1 saturated heterocycles. The molecule has 1 aliphatic heterocycles. The lowest BCUT2D eigenvalue weighted by Gasteiger charge is -2.29. The fourth-order valence-electron chi connectivity index (χ4n) is 4.06. The summed E-state index contributed by atoms with van der Waals surface area (Å²) in [5.74, 6) is -14.3. The highest BCUT2D eigenvalue weighted by Gasteiger charge is 2.42. The van der Waals surface area contributed by atoms with Crippen LogP contribution in [0.1, 0.15) is 41.4 Å². The van der Waals surface area contributed by atoms with Gasteiger partial charge in [0.25, 0.3) is 0 Å². The molecule has 1 aliphatic rings. The third-order valence-electron chi connectivity index (χ3n) is 6.16. The Morgan fingerprint density at radius 2 is 1.37 bits per heavy atom. The van der Waals surface area contributed by atoms with E-state index in [4.69, 9.17) is 9.47 Å². The Labute approximate surface area is 228 Å². The van der Waals surface area contributed by atoms with Crippen LogP contribution in [0.4, 0.5) is 39.5 Å². The van der Waals surface area contributed by atoms with Crippen LogP contribution in [0.3, 0.4) is 0 Å². The normalized spacial score (nSPS) is 18.2. The van der Waals surface area contributed by atoms with E-state index in [1.807, 2.05) is 0 Å². The average Bonchev–Trinajstić information content (AvgIpc) is 2.93. The molecule has 1 fully saturated rings. The topological polar surface area (TPSA) is 27.7 Å². The first-order chi connectivity index (χ1) is 19.4. The number of ether oxygens (including phenoxy) is 3. The summed E-state index contributed by atoms with van der Waals surface area (Å²) in [5, 5.41) is 0. The molecule has 0 spiro atoms. The van der Waals surface area contributed by atoms with E-state index in [0.29, 0.717) is 18.8 Å². The van der Waals surface area contributed by atoms with Crippen LogP contribution >= 0.6 is 0 Å². The Morgan fingerprint density at radius 1 is 0.829 bits per heavy atom. The van der Waals surface area contributed by atoms with Gasteiger partial charge < -0.3 is 14.2 Å². The smallest absolute Gasteiger partial charge is 0.429 e. The number of rotatable bonds is 9. The van der Waals surface area contributed by atoms with Gasteiger partial charge in [-0.05, 0) is 25.0 Å². The summed E-state index contributed by atoms with van der Waals surface area (Å²) >= 11 is 0. The standard InChI is InChI=1S/C29H21F9O3/c1-2-3-4-15-13-39-28(40-14-15)17-7-5-16(6-8-17)25(34)26(35)18-9-20(30)24(21(31)10-18)29(37,38)41-19-11-22(32)27(36)23(33)12-19/h2,5-12,15,28H,1,3-4,13-14H2/b26-25+. The third kappa shape index (κ3) is 6.76. The molecule has 0 radical (unpaired) electrons. The maximum Gasteiger partial charge on any atom is 0.432 e. The highest BCUT2D eigenvalue weighted by Crippen LogP contribution is 2.38. The van der Waals surface area contributed by atoms with Crippen molar-refractivity contribution in [1.82, 2.24) is 0 Å². The Bertz CT molecular complexity index is 1400. The predicted molar refractivity (Wildman–Crippen MR) is 130 cm³/mol. The van der Waals surface area contributed by atoms with Gasteiger partial charge in [-0.15, -0.1) is 6.58 Å². The first kappa shape index (κ1) is 30.2. The second-order valence-corrected chi connectivity index (χ2v) is 9.12. The molecule has 0 unspecified atom stereocenters. The average molecular weight is 588 g/mol. The van der Waals surface area contributed by atoms with Crippen molar-refractivity contribution in [2.45, 2.75) is 25.2 Å². The molecule has 3 aromatic carbocycles. The van der Waals surface area contributed by atoms with E-state index < -0.39 is 70.0 Å². The van der Waals surface area contributed by atoms with Gasteiger partial charge in [0.1, 0.15) is 22.9 Å². The van der Waals surface area contributed by atoms with Gasteiger partial charge >= 0.3 is 6.11 Å². The molecule has 4 rings (SSSR count). The van der Waals surface area contributed by atoms with Crippen LogP contribution in [0.25, 0.3) is 11.7 Å². The van der Waals surface area contributed by atoms with Crippen LogP contribution < -0.4 is 4.74 Å². The molecule has 0 saturated carbocycles. The van der Waals surface area contributed by atoms with Crippen LogP contribution in [0.2, 0.25) is 0 Å². The summed E-state index contributed by atoms with van der Waals surface area (Å²) in [6.07, 6.45) is -2.18. The van der Waals surface area contributed by atoms with Gasteiger partial charge in [-0.25, -0.2) is 30.7 Å². The van der Waals surface area contributed by atoms with E-state index in [9.17, 15) is 39.5 Å². The van der Waals surface area contributed by atoms with Crippen molar-refractivity contribution < 1.29 is 53.7 Å². The molecular formula is C29H21F9O3. The first-order valence-electron chi connectivity index (χ1n) is 12.1.